The highest BCUT2D eigenvalue weighted by atomic mass is 127. The second kappa shape index (κ2) is 9.30. The number of carbonyl (C=O) groups is 1. The number of hydrogen-bond acceptors (Lipinski definition) is 3. The molecule has 1 N–H and O–H groups in total. The molecule has 0 amide bonds. The number of nitrogens with one attached hydrogen (secondary N) is 1. The first-order valence-electron chi connectivity index (χ1n) is 7.23. The zero-order chi connectivity index (χ0) is 17.5. The Labute approximate surface area is 165 Å². The van der Waals surface area contributed by atoms with Crippen molar-refractivity contribution in [1.82, 2.24) is 0 Å². The number of rotatable bonds is 7. The fourth-order valence-electron chi connectivity index (χ4n) is 2.06. The standard InChI is InChI=1S/C18H16Cl2INO2/c1-2-6-15(18(23)24-11-12-7-4-3-5-8-12)22-16-10-13(19)9-14(20)17(16)21/h2-5,7-10,15,22H,1,6,11H2. The third-order valence-corrected chi connectivity index (χ3v) is 5.23. The summed E-state index contributed by atoms with van der Waals surface area (Å²) >= 11 is 14.3. The molecule has 0 aliphatic rings. The number of halogens is 3. The smallest absolute Gasteiger partial charge is 0.329 e. The Balaban J connectivity index is 2.08. The lowest BCUT2D eigenvalue weighted by molar-refractivity contribution is -0.145. The molecule has 126 valence electrons. The fourth-order valence-corrected chi connectivity index (χ4v) is 3.02. The first-order chi connectivity index (χ1) is 11.5. The van der Waals surface area contributed by atoms with Crippen LogP contribution in [0.15, 0.2) is 55.1 Å². The Morgan fingerprint density at radius 2 is 2.00 bits per heavy atom. The van der Waals surface area contributed by atoms with Gasteiger partial charge < -0.3 is 10.1 Å². The molecule has 0 aliphatic carbocycles. The third kappa shape index (κ3) is 5.40. The maximum Gasteiger partial charge on any atom is 0.329 e. The normalized spacial score (nSPS) is 11.6. The Morgan fingerprint density at radius 3 is 2.67 bits per heavy atom. The molecule has 0 saturated heterocycles. The molecule has 0 heterocycles. The van der Waals surface area contributed by atoms with E-state index in [0.29, 0.717) is 22.2 Å². The molecule has 0 saturated carbocycles. The van der Waals surface area contributed by atoms with E-state index in [1.54, 1.807) is 18.2 Å². The Kier molecular flexibility index (Phi) is 7.40. The van der Waals surface area contributed by atoms with Crippen LogP contribution in [0.25, 0.3) is 0 Å². The van der Waals surface area contributed by atoms with Gasteiger partial charge in [-0.2, -0.15) is 0 Å². The van der Waals surface area contributed by atoms with Crippen molar-refractivity contribution in [3.05, 3.63) is 74.3 Å². The van der Waals surface area contributed by atoms with Gasteiger partial charge in [0.15, 0.2) is 0 Å². The van der Waals surface area contributed by atoms with Gasteiger partial charge in [0.2, 0.25) is 0 Å². The predicted octanol–water partition coefficient (Wildman–Crippen LogP) is 5.70. The third-order valence-electron chi connectivity index (χ3n) is 3.23. The molecule has 1 atom stereocenters. The summed E-state index contributed by atoms with van der Waals surface area (Å²) in [5.41, 5.74) is 1.63. The van der Waals surface area contributed by atoms with Crippen molar-refractivity contribution in [1.29, 1.82) is 0 Å². The number of ether oxygens (including phenoxy) is 1. The van der Waals surface area contributed by atoms with Gasteiger partial charge in [-0.25, -0.2) is 4.79 Å². The molecule has 0 spiro atoms. The highest BCUT2D eigenvalue weighted by Gasteiger charge is 2.20. The van der Waals surface area contributed by atoms with Crippen LogP contribution in [0.5, 0.6) is 0 Å². The molecule has 2 aromatic rings. The van der Waals surface area contributed by atoms with E-state index in [0.717, 1.165) is 9.13 Å². The maximum atomic E-state index is 12.4. The molecular weight excluding hydrogens is 460 g/mol. The summed E-state index contributed by atoms with van der Waals surface area (Å²) in [4.78, 5) is 12.4. The first kappa shape index (κ1) is 19.1. The molecular formula is C18H16Cl2INO2. The topological polar surface area (TPSA) is 38.3 Å². The lowest BCUT2D eigenvalue weighted by atomic mass is 10.2. The van der Waals surface area contributed by atoms with Crippen LogP contribution in [0, 0.1) is 3.57 Å². The van der Waals surface area contributed by atoms with E-state index in [9.17, 15) is 4.79 Å². The van der Waals surface area contributed by atoms with E-state index in [1.165, 1.54) is 0 Å². The SMILES string of the molecule is C=CCC(Nc1cc(Cl)cc(Cl)c1I)C(=O)OCc1ccccc1. The molecule has 0 aliphatic heterocycles. The summed E-state index contributed by atoms with van der Waals surface area (Å²) in [6, 6.07) is 12.4. The minimum absolute atomic E-state index is 0.225. The van der Waals surface area contributed by atoms with E-state index in [1.807, 2.05) is 30.3 Å². The summed E-state index contributed by atoms with van der Waals surface area (Å²) < 4.78 is 6.19. The average molecular weight is 476 g/mol. The highest BCUT2D eigenvalue weighted by Crippen LogP contribution is 2.31. The summed E-state index contributed by atoms with van der Waals surface area (Å²) in [7, 11) is 0. The van der Waals surface area contributed by atoms with Crippen molar-refractivity contribution >= 4 is 57.4 Å². The Morgan fingerprint density at radius 1 is 1.29 bits per heavy atom. The Hall–Kier alpha value is -1.24. The van der Waals surface area contributed by atoms with Gasteiger partial charge in [0.1, 0.15) is 12.6 Å². The molecule has 1 unspecified atom stereocenters. The van der Waals surface area contributed by atoms with Crippen LogP contribution in [-0.2, 0) is 16.1 Å². The molecule has 0 fully saturated rings. The van der Waals surface area contributed by atoms with E-state index >= 15 is 0 Å². The van der Waals surface area contributed by atoms with Gasteiger partial charge >= 0.3 is 5.97 Å². The van der Waals surface area contributed by atoms with Gasteiger partial charge in [-0.05, 0) is 46.7 Å². The van der Waals surface area contributed by atoms with Gasteiger partial charge in [-0.15, -0.1) is 6.58 Å². The monoisotopic (exact) mass is 475 g/mol. The summed E-state index contributed by atoms with van der Waals surface area (Å²) in [6.07, 6.45) is 2.09. The van der Waals surface area contributed by atoms with Gasteiger partial charge in [0.25, 0.3) is 0 Å². The molecule has 0 aromatic heterocycles. The second-order valence-electron chi connectivity index (χ2n) is 5.06. The van der Waals surface area contributed by atoms with Gasteiger partial charge in [-0.3, -0.25) is 0 Å². The minimum Gasteiger partial charge on any atom is -0.459 e. The average Bonchev–Trinajstić information content (AvgIpc) is 2.57. The van der Waals surface area contributed by atoms with Crippen molar-refractivity contribution in [2.45, 2.75) is 19.1 Å². The lowest BCUT2D eigenvalue weighted by Crippen LogP contribution is -2.31. The lowest BCUT2D eigenvalue weighted by Gasteiger charge is -2.19. The predicted molar refractivity (Wildman–Crippen MR) is 108 cm³/mol. The summed E-state index contributed by atoms with van der Waals surface area (Å²) in [6.45, 7) is 3.92. The number of hydrogen-bond donors (Lipinski definition) is 1. The van der Waals surface area contributed by atoms with Crippen LogP contribution in [-0.4, -0.2) is 12.0 Å². The van der Waals surface area contributed by atoms with Crippen molar-refractivity contribution < 1.29 is 9.53 Å². The van der Waals surface area contributed by atoms with Crippen LogP contribution in [0.1, 0.15) is 12.0 Å². The number of carbonyl (C=O) groups excluding carboxylic acids is 1. The molecule has 0 radical (unpaired) electrons. The van der Waals surface area contributed by atoms with Crippen LogP contribution >= 0.6 is 45.8 Å². The van der Waals surface area contributed by atoms with E-state index in [4.69, 9.17) is 27.9 Å². The van der Waals surface area contributed by atoms with Gasteiger partial charge in [0.05, 0.1) is 14.3 Å². The van der Waals surface area contributed by atoms with Crippen LogP contribution in [0.3, 0.4) is 0 Å². The quantitative estimate of drug-likeness (QED) is 0.241. The largest absolute Gasteiger partial charge is 0.459 e. The van der Waals surface area contributed by atoms with Crippen molar-refractivity contribution in [2.24, 2.45) is 0 Å². The highest BCUT2D eigenvalue weighted by molar-refractivity contribution is 14.1. The summed E-state index contributed by atoms with van der Waals surface area (Å²) in [5, 5.41) is 4.17. The van der Waals surface area contributed by atoms with E-state index < -0.39 is 6.04 Å². The van der Waals surface area contributed by atoms with Gasteiger partial charge in [-0.1, -0.05) is 59.6 Å². The molecule has 0 bridgehead atoms. The molecule has 24 heavy (non-hydrogen) atoms. The van der Waals surface area contributed by atoms with E-state index in [2.05, 4.69) is 34.5 Å². The molecule has 2 rings (SSSR count). The van der Waals surface area contributed by atoms with Crippen LogP contribution in [0.2, 0.25) is 10.0 Å². The molecule has 2 aromatic carbocycles. The minimum atomic E-state index is -0.561. The first-order valence-corrected chi connectivity index (χ1v) is 9.07. The second-order valence-corrected chi connectivity index (χ2v) is 6.99. The molecule has 6 heteroatoms. The number of esters is 1. The number of anilines is 1. The van der Waals surface area contributed by atoms with Crippen molar-refractivity contribution in [3.63, 3.8) is 0 Å². The van der Waals surface area contributed by atoms with Crippen molar-refractivity contribution in [3.8, 4) is 0 Å². The maximum absolute atomic E-state index is 12.4. The number of benzene rings is 2. The zero-order valence-corrected chi connectivity index (χ0v) is 16.4. The van der Waals surface area contributed by atoms with Crippen LogP contribution < -0.4 is 5.32 Å². The van der Waals surface area contributed by atoms with Crippen molar-refractivity contribution in [2.75, 3.05) is 5.32 Å². The fraction of sp³-hybridized carbons (Fsp3) is 0.167. The molecule has 3 nitrogen and oxygen atoms in total. The zero-order valence-electron chi connectivity index (χ0n) is 12.8. The summed E-state index contributed by atoms with van der Waals surface area (Å²) in [5.74, 6) is -0.356. The Bertz CT molecular complexity index is 722. The van der Waals surface area contributed by atoms with Gasteiger partial charge in [0, 0.05) is 5.02 Å². The van der Waals surface area contributed by atoms with E-state index in [-0.39, 0.29) is 12.6 Å². The van der Waals surface area contributed by atoms with Crippen LogP contribution in [0.4, 0.5) is 5.69 Å².